The van der Waals surface area contributed by atoms with Gasteiger partial charge in [-0.2, -0.15) is 0 Å². The molecular formula is C17H20O2. The largest absolute Gasteiger partial charge is 0.294 e. The zero-order valence-electron chi connectivity index (χ0n) is 11.8. The lowest BCUT2D eigenvalue weighted by atomic mass is 9.70. The number of fused-ring (bicyclic) bond motifs is 2. The molecule has 0 saturated heterocycles. The van der Waals surface area contributed by atoms with Crippen molar-refractivity contribution in [3.8, 4) is 0 Å². The smallest absolute Gasteiger partial charge is 0.165 e. The Kier molecular flexibility index (Phi) is 2.51. The molecule has 0 aliphatic heterocycles. The summed E-state index contributed by atoms with van der Waals surface area (Å²) in [6.45, 7) is 6.52. The third-order valence-electron chi connectivity index (χ3n) is 5.64. The minimum absolute atomic E-state index is 0.0405. The fraction of sp³-hybridized carbons (Fsp3) is 0.529. The summed E-state index contributed by atoms with van der Waals surface area (Å²) >= 11 is 0. The molecule has 3 aliphatic carbocycles. The Bertz CT molecular complexity index is 560. The maximum atomic E-state index is 12.7. The molecule has 100 valence electrons. The van der Waals surface area contributed by atoms with Gasteiger partial charge >= 0.3 is 0 Å². The molecule has 19 heavy (non-hydrogen) atoms. The van der Waals surface area contributed by atoms with E-state index < -0.39 is 0 Å². The van der Waals surface area contributed by atoms with Gasteiger partial charge in [0.25, 0.3) is 0 Å². The molecule has 0 amide bonds. The Hall–Kier alpha value is -1.44. The summed E-state index contributed by atoms with van der Waals surface area (Å²) in [6, 6.07) is 0. The number of allylic oxidation sites excluding steroid dienone is 6. The van der Waals surface area contributed by atoms with Crippen molar-refractivity contribution >= 4 is 11.6 Å². The molecule has 2 nitrogen and oxygen atoms in total. The van der Waals surface area contributed by atoms with Crippen LogP contribution in [0.3, 0.4) is 0 Å². The van der Waals surface area contributed by atoms with Crippen molar-refractivity contribution in [3.63, 3.8) is 0 Å². The van der Waals surface area contributed by atoms with E-state index >= 15 is 0 Å². The summed E-state index contributed by atoms with van der Waals surface area (Å²) in [6.07, 6.45) is 9.99. The van der Waals surface area contributed by atoms with E-state index in [0.717, 1.165) is 24.0 Å². The molecule has 0 aromatic heterocycles. The normalized spacial score (nSPS) is 38.2. The zero-order chi connectivity index (χ0) is 13.8. The third kappa shape index (κ3) is 1.55. The van der Waals surface area contributed by atoms with Gasteiger partial charge in [-0.05, 0) is 47.5 Å². The predicted octanol–water partition coefficient (Wildman–Crippen LogP) is 3.39. The average Bonchev–Trinajstić information content (AvgIpc) is 2.64. The Balaban J connectivity index is 2.02. The van der Waals surface area contributed by atoms with Gasteiger partial charge in [0.1, 0.15) is 0 Å². The highest BCUT2D eigenvalue weighted by atomic mass is 16.1. The quantitative estimate of drug-likeness (QED) is 0.674. The number of carbonyl (C=O) groups is 2. The fourth-order valence-corrected chi connectivity index (χ4v) is 3.97. The van der Waals surface area contributed by atoms with Crippen LogP contribution >= 0.6 is 0 Å². The van der Waals surface area contributed by atoms with Crippen molar-refractivity contribution in [1.82, 2.24) is 0 Å². The van der Waals surface area contributed by atoms with E-state index in [2.05, 4.69) is 20.8 Å². The van der Waals surface area contributed by atoms with Crippen LogP contribution in [-0.4, -0.2) is 11.6 Å². The van der Waals surface area contributed by atoms with Crippen molar-refractivity contribution in [1.29, 1.82) is 0 Å². The Labute approximate surface area is 114 Å². The summed E-state index contributed by atoms with van der Waals surface area (Å²) < 4.78 is 0. The first kappa shape index (κ1) is 12.6. The third-order valence-corrected chi connectivity index (χ3v) is 5.64. The van der Waals surface area contributed by atoms with Crippen LogP contribution in [0, 0.1) is 16.7 Å². The molecule has 0 aromatic rings. The van der Waals surface area contributed by atoms with Gasteiger partial charge in [0, 0.05) is 11.8 Å². The van der Waals surface area contributed by atoms with Crippen LogP contribution in [0.2, 0.25) is 0 Å². The maximum Gasteiger partial charge on any atom is 0.165 e. The highest BCUT2D eigenvalue weighted by Gasteiger charge is 2.63. The summed E-state index contributed by atoms with van der Waals surface area (Å²) in [5.74, 6) is 0.757. The van der Waals surface area contributed by atoms with Crippen molar-refractivity contribution in [2.75, 3.05) is 0 Å². The van der Waals surface area contributed by atoms with E-state index in [1.807, 2.05) is 18.2 Å². The van der Waals surface area contributed by atoms with Crippen molar-refractivity contribution in [2.24, 2.45) is 16.7 Å². The van der Waals surface area contributed by atoms with Crippen LogP contribution in [0.25, 0.3) is 0 Å². The number of carbonyl (C=O) groups excluding carboxylic acids is 2. The van der Waals surface area contributed by atoms with Gasteiger partial charge in [-0.1, -0.05) is 32.9 Å². The second-order valence-corrected chi connectivity index (χ2v) is 6.79. The molecule has 2 heteroatoms. The van der Waals surface area contributed by atoms with Gasteiger partial charge in [0.15, 0.2) is 11.6 Å². The van der Waals surface area contributed by atoms with E-state index in [1.54, 1.807) is 6.08 Å². The van der Waals surface area contributed by atoms with Gasteiger partial charge in [0.05, 0.1) is 0 Å². The Morgan fingerprint density at radius 3 is 2.58 bits per heavy atom. The van der Waals surface area contributed by atoms with E-state index in [-0.39, 0.29) is 16.6 Å². The van der Waals surface area contributed by atoms with Gasteiger partial charge in [-0.3, -0.25) is 9.59 Å². The zero-order valence-corrected chi connectivity index (χ0v) is 11.8. The summed E-state index contributed by atoms with van der Waals surface area (Å²) in [5, 5.41) is 0. The van der Waals surface area contributed by atoms with Crippen molar-refractivity contribution in [2.45, 2.75) is 40.0 Å². The highest BCUT2D eigenvalue weighted by Crippen LogP contribution is 2.65. The van der Waals surface area contributed by atoms with Crippen LogP contribution in [0.1, 0.15) is 40.0 Å². The molecule has 0 heterocycles. The molecular weight excluding hydrogens is 236 g/mol. The van der Waals surface area contributed by atoms with Crippen LogP contribution in [0.4, 0.5) is 0 Å². The molecule has 2 saturated carbocycles. The SMILES string of the molecule is CC12CCC(C(=CC3=CC(=O)CC=C3)C1=O)C2(C)C. The molecule has 0 aromatic carbocycles. The first-order chi connectivity index (χ1) is 8.86. The van der Waals surface area contributed by atoms with Crippen molar-refractivity contribution < 1.29 is 9.59 Å². The van der Waals surface area contributed by atoms with E-state index in [1.165, 1.54) is 0 Å². The molecule has 3 rings (SSSR count). The molecule has 0 N–H and O–H groups in total. The lowest BCUT2D eigenvalue weighted by molar-refractivity contribution is -0.125. The number of rotatable bonds is 1. The van der Waals surface area contributed by atoms with E-state index in [0.29, 0.717) is 18.1 Å². The Morgan fingerprint density at radius 1 is 1.26 bits per heavy atom. The summed E-state index contributed by atoms with van der Waals surface area (Å²) in [7, 11) is 0. The van der Waals surface area contributed by atoms with E-state index in [4.69, 9.17) is 0 Å². The van der Waals surface area contributed by atoms with Gasteiger partial charge < -0.3 is 0 Å². The molecule has 2 unspecified atom stereocenters. The average molecular weight is 256 g/mol. The van der Waals surface area contributed by atoms with E-state index in [9.17, 15) is 9.59 Å². The molecule has 2 bridgehead atoms. The molecule has 3 aliphatic rings. The first-order valence-corrected chi connectivity index (χ1v) is 7.04. The summed E-state index contributed by atoms with van der Waals surface area (Å²) in [4.78, 5) is 24.1. The van der Waals surface area contributed by atoms with Crippen LogP contribution in [-0.2, 0) is 9.59 Å². The van der Waals surface area contributed by atoms with Gasteiger partial charge in [0.2, 0.25) is 0 Å². The minimum Gasteiger partial charge on any atom is -0.294 e. The Morgan fingerprint density at radius 2 is 2.00 bits per heavy atom. The number of ketones is 2. The summed E-state index contributed by atoms with van der Waals surface area (Å²) in [5.41, 5.74) is 1.64. The maximum absolute atomic E-state index is 12.7. The lowest BCUT2D eigenvalue weighted by Crippen LogP contribution is -2.32. The topological polar surface area (TPSA) is 34.1 Å². The fourth-order valence-electron chi connectivity index (χ4n) is 3.97. The minimum atomic E-state index is -0.216. The monoisotopic (exact) mass is 256 g/mol. The second kappa shape index (κ2) is 3.78. The highest BCUT2D eigenvalue weighted by molar-refractivity contribution is 6.05. The second-order valence-electron chi connectivity index (χ2n) is 6.79. The van der Waals surface area contributed by atoms with Crippen LogP contribution in [0.15, 0.2) is 35.5 Å². The number of Topliss-reactive ketones (excluding diaryl/α,β-unsaturated/α-hetero) is 1. The first-order valence-electron chi connectivity index (χ1n) is 7.04. The standard InChI is InChI=1S/C17H20O2/c1-16(2)14-7-8-17(16,3)15(19)13(14)10-11-5-4-6-12(18)9-11/h4-5,9-10,14H,6-8H2,1-3H3. The van der Waals surface area contributed by atoms with Crippen LogP contribution < -0.4 is 0 Å². The molecule has 2 fully saturated rings. The van der Waals surface area contributed by atoms with Gasteiger partial charge in [-0.15, -0.1) is 0 Å². The lowest BCUT2D eigenvalue weighted by Gasteiger charge is -2.31. The molecule has 2 atom stereocenters. The predicted molar refractivity (Wildman–Crippen MR) is 74.5 cm³/mol. The molecule has 0 spiro atoms. The number of hydrogen-bond donors (Lipinski definition) is 0. The van der Waals surface area contributed by atoms with Crippen molar-refractivity contribution in [3.05, 3.63) is 35.5 Å². The molecule has 0 radical (unpaired) electrons. The van der Waals surface area contributed by atoms with Gasteiger partial charge in [-0.25, -0.2) is 0 Å². The number of hydrogen-bond acceptors (Lipinski definition) is 2. The van der Waals surface area contributed by atoms with Crippen LogP contribution in [0.5, 0.6) is 0 Å².